The van der Waals surface area contributed by atoms with Gasteiger partial charge in [-0.1, -0.05) is 37.1 Å². The van der Waals surface area contributed by atoms with Gasteiger partial charge in [0.2, 0.25) is 5.91 Å². The number of piperidine rings is 1. The van der Waals surface area contributed by atoms with Gasteiger partial charge in [-0.2, -0.15) is 0 Å². The van der Waals surface area contributed by atoms with Gasteiger partial charge in [-0.15, -0.1) is 0 Å². The normalized spacial score (nSPS) is 17.6. The monoisotopic (exact) mass is 310 g/mol. The first kappa shape index (κ1) is 16.1. The third-order valence-electron chi connectivity index (χ3n) is 3.80. The van der Waals surface area contributed by atoms with Crippen LogP contribution in [0, 0.1) is 0 Å². The lowest BCUT2D eigenvalue weighted by Gasteiger charge is -2.33. The van der Waals surface area contributed by atoms with E-state index in [1.807, 2.05) is 36.1 Å². The van der Waals surface area contributed by atoms with Crippen LogP contribution >= 0.6 is 11.6 Å². The van der Waals surface area contributed by atoms with Crippen molar-refractivity contribution in [2.75, 3.05) is 13.1 Å². The van der Waals surface area contributed by atoms with Crippen LogP contribution < -0.4 is 10.5 Å². The van der Waals surface area contributed by atoms with Gasteiger partial charge >= 0.3 is 0 Å². The van der Waals surface area contributed by atoms with Crippen LogP contribution in [0.3, 0.4) is 0 Å². The number of hydrogen-bond donors (Lipinski definition) is 1. The second-order valence-electron chi connectivity index (χ2n) is 5.47. The van der Waals surface area contributed by atoms with E-state index >= 15 is 0 Å². The van der Waals surface area contributed by atoms with Crippen molar-refractivity contribution in [3.63, 3.8) is 0 Å². The lowest BCUT2D eigenvalue weighted by atomic mass is 10.1. The van der Waals surface area contributed by atoms with Crippen LogP contribution in [0.1, 0.15) is 32.6 Å². The number of nitrogens with zero attached hydrogens (tertiary/aromatic N) is 1. The molecule has 1 fully saturated rings. The fourth-order valence-electron chi connectivity index (χ4n) is 2.58. The van der Waals surface area contributed by atoms with Crippen LogP contribution in [0.2, 0.25) is 5.02 Å². The minimum Gasteiger partial charge on any atom is -0.489 e. The summed E-state index contributed by atoms with van der Waals surface area (Å²) in [5.74, 6) is 0.777. The number of para-hydroxylation sites is 1. The summed E-state index contributed by atoms with van der Waals surface area (Å²) >= 11 is 6.09. The molecular weight excluding hydrogens is 288 g/mol. The quantitative estimate of drug-likeness (QED) is 0.910. The van der Waals surface area contributed by atoms with Gasteiger partial charge in [0.15, 0.2) is 0 Å². The van der Waals surface area contributed by atoms with Crippen LogP contribution in [-0.2, 0) is 4.79 Å². The molecule has 1 unspecified atom stereocenters. The average Bonchev–Trinajstić information content (AvgIpc) is 2.50. The maximum Gasteiger partial charge on any atom is 0.239 e. The van der Waals surface area contributed by atoms with Gasteiger partial charge in [0.05, 0.1) is 11.1 Å². The zero-order valence-electron chi connectivity index (χ0n) is 12.4. The number of ether oxygens (including phenoxy) is 1. The van der Waals surface area contributed by atoms with Crippen LogP contribution in [0.25, 0.3) is 0 Å². The van der Waals surface area contributed by atoms with Crippen LogP contribution in [0.5, 0.6) is 5.75 Å². The van der Waals surface area contributed by atoms with E-state index in [1.165, 1.54) is 0 Å². The van der Waals surface area contributed by atoms with Crippen molar-refractivity contribution in [3.8, 4) is 5.75 Å². The second kappa shape index (κ2) is 7.66. The summed E-state index contributed by atoms with van der Waals surface area (Å²) in [6.45, 7) is 3.44. The first-order valence-corrected chi connectivity index (χ1v) is 7.95. The molecule has 116 valence electrons. The Balaban J connectivity index is 1.83. The number of hydrogen-bond acceptors (Lipinski definition) is 3. The number of likely N-dealkylation sites (tertiary alicyclic amines) is 1. The van der Waals surface area contributed by atoms with E-state index in [4.69, 9.17) is 22.1 Å². The number of amides is 1. The Labute approximate surface area is 131 Å². The van der Waals surface area contributed by atoms with Crippen molar-refractivity contribution < 1.29 is 9.53 Å². The van der Waals surface area contributed by atoms with Gasteiger partial charge in [-0.05, 0) is 18.6 Å². The minimum atomic E-state index is -0.365. The summed E-state index contributed by atoms with van der Waals surface area (Å²) in [5, 5.41) is 0.626. The molecule has 1 aliphatic heterocycles. The van der Waals surface area contributed by atoms with Crippen molar-refractivity contribution in [2.45, 2.75) is 44.8 Å². The molecule has 0 spiro atoms. The number of carbonyl (C=O) groups excluding carboxylic acids is 1. The summed E-state index contributed by atoms with van der Waals surface area (Å²) in [5.41, 5.74) is 5.90. The lowest BCUT2D eigenvalue weighted by molar-refractivity contribution is -0.134. The van der Waals surface area contributed by atoms with Crippen LogP contribution in [-0.4, -0.2) is 36.0 Å². The summed E-state index contributed by atoms with van der Waals surface area (Å²) in [4.78, 5) is 14.0. The largest absolute Gasteiger partial charge is 0.489 e. The number of carbonyl (C=O) groups is 1. The number of halogens is 1. The van der Waals surface area contributed by atoms with E-state index in [9.17, 15) is 4.79 Å². The molecule has 0 aliphatic carbocycles. The van der Waals surface area contributed by atoms with Gasteiger partial charge < -0.3 is 15.4 Å². The summed E-state index contributed by atoms with van der Waals surface area (Å²) in [7, 11) is 0. The fraction of sp³-hybridized carbons (Fsp3) is 0.562. The van der Waals surface area contributed by atoms with E-state index in [2.05, 4.69) is 0 Å². The third kappa shape index (κ3) is 4.35. The molecule has 1 saturated heterocycles. The molecule has 1 heterocycles. The summed E-state index contributed by atoms with van der Waals surface area (Å²) in [6, 6.07) is 7.11. The number of benzene rings is 1. The maximum atomic E-state index is 12.1. The Morgan fingerprint density at radius 3 is 2.71 bits per heavy atom. The molecule has 1 aromatic rings. The van der Waals surface area contributed by atoms with Crippen molar-refractivity contribution in [1.82, 2.24) is 4.90 Å². The van der Waals surface area contributed by atoms with Crippen molar-refractivity contribution in [2.24, 2.45) is 5.73 Å². The maximum absolute atomic E-state index is 12.1. The van der Waals surface area contributed by atoms with E-state index in [0.717, 1.165) is 25.7 Å². The van der Waals surface area contributed by atoms with Gasteiger partial charge in [0.1, 0.15) is 11.9 Å². The topological polar surface area (TPSA) is 55.6 Å². The third-order valence-corrected chi connectivity index (χ3v) is 4.11. The first-order chi connectivity index (χ1) is 10.1. The Morgan fingerprint density at radius 2 is 2.10 bits per heavy atom. The molecule has 0 aromatic heterocycles. The Bertz CT molecular complexity index is 473. The van der Waals surface area contributed by atoms with E-state index in [1.54, 1.807) is 0 Å². The molecule has 2 rings (SSSR count). The fourth-order valence-corrected chi connectivity index (χ4v) is 2.76. The molecule has 5 heteroatoms. The molecule has 1 aliphatic rings. The molecule has 4 nitrogen and oxygen atoms in total. The van der Waals surface area contributed by atoms with E-state index in [-0.39, 0.29) is 18.1 Å². The molecule has 0 saturated carbocycles. The highest BCUT2D eigenvalue weighted by Crippen LogP contribution is 2.26. The van der Waals surface area contributed by atoms with Crippen molar-refractivity contribution in [3.05, 3.63) is 29.3 Å². The molecule has 0 radical (unpaired) electrons. The number of rotatable bonds is 5. The predicted molar refractivity (Wildman–Crippen MR) is 84.6 cm³/mol. The average molecular weight is 311 g/mol. The van der Waals surface area contributed by atoms with Gasteiger partial charge in [0.25, 0.3) is 0 Å². The SMILES string of the molecule is CCCC(N)C(=O)N1CCC(Oc2ccccc2Cl)CC1. The Morgan fingerprint density at radius 1 is 1.43 bits per heavy atom. The zero-order valence-corrected chi connectivity index (χ0v) is 13.2. The van der Waals surface area contributed by atoms with Gasteiger partial charge in [-0.3, -0.25) is 4.79 Å². The van der Waals surface area contributed by atoms with Gasteiger partial charge in [-0.25, -0.2) is 0 Å². The first-order valence-electron chi connectivity index (χ1n) is 7.57. The summed E-state index contributed by atoms with van der Waals surface area (Å²) in [6.07, 6.45) is 3.41. The molecule has 21 heavy (non-hydrogen) atoms. The molecule has 1 atom stereocenters. The highest BCUT2D eigenvalue weighted by molar-refractivity contribution is 6.32. The Kier molecular flexibility index (Phi) is 5.88. The standard InChI is InChI=1S/C16H23ClN2O2/c1-2-5-14(18)16(20)19-10-8-12(9-11-19)21-15-7-4-3-6-13(15)17/h3-4,6-7,12,14H,2,5,8-11,18H2,1H3. The van der Waals surface area contributed by atoms with Gasteiger partial charge in [0, 0.05) is 25.9 Å². The zero-order chi connectivity index (χ0) is 15.2. The molecule has 1 amide bonds. The Hall–Kier alpha value is -1.26. The number of nitrogens with two attached hydrogens (primary N) is 1. The predicted octanol–water partition coefficient (Wildman–Crippen LogP) is 2.84. The highest BCUT2D eigenvalue weighted by atomic mass is 35.5. The summed E-state index contributed by atoms with van der Waals surface area (Å²) < 4.78 is 5.92. The molecular formula is C16H23ClN2O2. The minimum absolute atomic E-state index is 0.0630. The molecule has 2 N–H and O–H groups in total. The van der Waals surface area contributed by atoms with Crippen LogP contribution in [0.4, 0.5) is 0 Å². The van der Waals surface area contributed by atoms with E-state index in [0.29, 0.717) is 23.9 Å². The molecule has 1 aromatic carbocycles. The molecule has 0 bridgehead atoms. The van der Waals surface area contributed by atoms with Crippen LogP contribution in [0.15, 0.2) is 24.3 Å². The lowest BCUT2D eigenvalue weighted by Crippen LogP contribution is -2.48. The van der Waals surface area contributed by atoms with Crippen molar-refractivity contribution in [1.29, 1.82) is 0 Å². The second-order valence-corrected chi connectivity index (χ2v) is 5.88. The smallest absolute Gasteiger partial charge is 0.239 e. The van der Waals surface area contributed by atoms with Crippen molar-refractivity contribution >= 4 is 17.5 Å². The van der Waals surface area contributed by atoms with E-state index < -0.39 is 0 Å². The highest BCUT2D eigenvalue weighted by Gasteiger charge is 2.26.